The number of nitrogens with one attached hydrogen (secondary N) is 1. The number of hydrogen-bond donors (Lipinski definition) is 2. The highest BCUT2D eigenvalue weighted by molar-refractivity contribution is 8.13. The van der Waals surface area contributed by atoms with Crippen molar-refractivity contribution in [2.75, 3.05) is 19.8 Å². The Morgan fingerprint density at radius 3 is 2.73 bits per heavy atom. The van der Waals surface area contributed by atoms with Crippen molar-refractivity contribution in [2.24, 2.45) is 4.99 Å². The molecule has 11 heavy (non-hydrogen) atoms. The fourth-order valence-electron chi connectivity index (χ4n) is 0.575. The fraction of sp³-hybridized carbons (Fsp3) is 0.857. The summed E-state index contributed by atoms with van der Waals surface area (Å²) in [5, 5.41) is 12.8. The number of hydrogen-bond acceptors (Lipinski definition) is 3. The second-order valence-electron chi connectivity index (χ2n) is 2.26. The number of amidine groups is 1. The molecule has 1 atom stereocenters. The van der Waals surface area contributed by atoms with Crippen LogP contribution < -0.4 is 5.32 Å². The van der Waals surface area contributed by atoms with Crippen LogP contribution in [0.4, 0.5) is 0 Å². The zero-order chi connectivity index (χ0) is 8.69. The maximum atomic E-state index is 8.94. The molecule has 0 aromatic heterocycles. The minimum Gasteiger partial charge on any atom is -0.393 e. The Hall–Kier alpha value is -0.220. The summed E-state index contributed by atoms with van der Waals surface area (Å²) in [5.74, 6) is 0.908. The second-order valence-corrected chi connectivity index (χ2v) is 3.35. The molecule has 1 unspecified atom stereocenters. The maximum absolute atomic E-state index is 8.94. The van der Waals surface area contributed by atoms with Crippen molar-refractivity contribution in [1.82, 2.24) is 5.32 Å². The molecule has 4 heteroatoms. The molecule has 0 aliphatic rings. The van der Waals surface area contributed by atoms with Crippen LogP contribution in [0, 0.1) is 0 Å². The lowest BCUT2D eigenvalue weighted by Gasteiger charge is -2.04. The van der Waals surface area contributed by atoms with Gasteiger partial charge < -0.3 is 10.4 Å². The molecule has 0 spiro atoms. The van der Waals surface area contributed by atoms with Crippen LogP contribution in [0.15, 0.2) is 4.99 Å². The molecule has 0 aliphatic carbocycles. The average molecular weight is 176 g/mol. The number of nitrogens with zero attached hydrogens (tertiary/aromatic N) is 1. The minimum atomic E-state index is -0.211. The Morgan fingerprint density at radius 2 is 2.36 bits per heavy atom. The number of thioether (sulfide) groups is 1. The predicted molar refractivity (Wildman–Crippen MR) is 51.2 cm³/mol. The van der Waals surface area contributed by atoms with Crippen molar-refractivity contribution < 1.29 is 5.11 Å². The lowest BCUT2D eigenvalue weighted by Crippen LogP contribution is -2.15. The monoisotopic (exact) mass is 176 g/mol. The first-order chi connectivity index (χ1) is 5.20. The molecule has 0 saturated carbocycles. The third-order valence-electron chi connectivity index (χ3n) is 1.19. The number of aliphatic imine (C=N–C) groups is 1. The van der Waals surface area contributed by atoms with E-state index in [0.717, 1.165) is 17.3 Å². The van der Waals surface area contributed by atoms with Crippen LogP contribution in [-0.2, 0) is 0 Å². The quantitative estimate of drug-likeness (QED) is 0.491. The van der Waals surface area contributed by atoms with Crippen LogP contribution in [0.5, 0.6) is 0 Å². The van der Waals surface area contributed by atoms with Crippen molar-refractivity contribution in [3.8, 4) is 0 Å². The normalized spacial score (nSPS) is 14.7. The second kappa shape index (κ2) is 6.49. The maximum Gasteiger partial charge on any atom is 0.156 e. The highest BCUT2D eigenvalue weighted by Gasteiger charge is 1.98. The Morgan fingerprint density at radius 1 is 1.73 bits per heavy atom. The van der Waals surface area contributed by atoms with Crippen LogP contribution in [0.3, 0.4) is 0 Å². The zero-order valence-electron chi connectivity index (χ0n) is 7.29. The summed E-state index contributed by atoms with van der Waals surface area (Å²) in [6.45, 7) is 1.79. The molecular formula is C7H16N2OS. The molecule has 3 nitrogen and oxygen atoms in total. The third-order valence-corrected chi connectivity index (χ3v) is 2.29. The molecule has 0 saturated heterocycles. The molecule has 0 aromatic rings. The van der Waals surface area contributed by atoms with Crippen molar-refractivity contribution in [1.29, 1.82) is 0 Å². The molecular weight excluding hydrogens is 160 g/mol. The highest BCUT2D eigenvalue weighted by Crippen LogP contribution is 2.05. The van der Waals surface area contributed by atoms with E-state index in [2.05, 4.69) is 10.3 Å². The van der Waals surface area contributed by atoms with Crippen LogP contribution >= 0.6 is 11.8 Å². The van der Waals surface area contributed by atoms with Gasteiger partial charge in [0.2, 0.25) is 0 Å². The smallest absolute Gasteiger partial charge is 0.156 e. The zero-order valence-corrected chi connectivity index (χ0v) is 8.11. The summed E-state index contributed by atoms with van der Waals surface area (Å²) >= 11 is 1.63. The van der Waals surface area contributed by atoms with E-state index in [-0.39, 0.29) is 6.10 Å². The lowest BCUT2D eigenvalue weighted by molar-refractivity contribution is 0.192. The summed E-state index contributed by atoms with van der Waals surface area (Å²) in [6, 6.07) is 0. The van der Waals surface area contributed by atoms with E-state index in [1.165, 1.54) is 0 Å². The standard InChI is InChI=1S/C7H16N2OS/c1-6(10)4-5-11-7(8-2)9-3/h6,10H,4-5H2,1-3H3,(H,8,9). The van der Waals surface area contributed by atoms with E-state index >= 15 is 0 Å². The first-order valence-corrected chi connectivity index (χ1v) is 4.64. The first kappa shape index (κ1) is 10.8. The Bertz CT molecular complexity index is 126. The van der Waals surface area contributed by atoms with Gasteiger partial charge in [-0.3, -0.25) is 4.99 Å². The molecule has 0 radical (unpaired) electrons. The van der Waals surface area contributed by atoms with E-state index in [4.69, 9.17) is 5.11 Å². The minimum absolute atomic E-state index is 0.211. The number of rotatable bonds is 3. The van der Waals surface area contributed by atoms with Gasteiger partial charge in [-0.15, -0.1) is 0 Å². The van der Waals surface area contributed by atoms with E-state index in [1.54, 1.807) is 25.7 Å². The fourth-order valence-corrected chi connectivity index (χ4v) is 1.50. The summed E-state index contributed by atoms with van der Waals surface area (Å²) in [7, 11) is 3.60. The Kier molecular flexibility index (Phi) is 6.36. The first-order valence-electron chi connectivity index (χ1n) is 3.66. The molecule has 2 N–H and O–H groups in total. The number of aliphatic hydroxyl groups excluding tert-OH is 1. The highest BCUT2D eigenvalue weighted by atomic mass is 32.2. The van der Waals surface area contributed by atoms with Gasteiger partial charge in [0.1, 0.15) is 0 Å². The summed E-state index contributed by atoms with van der Waals surface area (Å²) in [4.78, 5) is 3.99. The topological polar surface area (TPSA) is 44.6 Å². The van der Waals surface area contributed by atoms with Gasteiger partial charge in [0.05, 0.1) is 6.10 Å². The molecule has 0 aliphatic heterocycles. The molecule has 0 rings (SSSR count). The van der Waals surface area contributed by atoms with Gasteiger partial charge in [0.25, 0.3) is 0 Å². The van der Waals surface area contributed by atoms with Gasteiger partial charge in [0.15, 0.2) is 5.17 Å². The molecule has 0 fully saturated rings. The van der Waals surface area contributed by atoms with E-state index in [1.807, 2.05) is 7.05 Å². The van der Waals surface area contributed by atoms with Crippen molar-refractivity contribution in [3.63, 3.8) is 0 Å². The van der Waals surface area contributed by atoms with Gasteiger partial charge in [-0.05, 0) is 13.3 Å². The lowest BCUT2D eigenvalue weighted by atomic mass is 10.3. The molecule has 0 aromatic carbocycles. The average Bonchev–Trinajstić information content (AvgIpc) is 1.98. The number of aliphatic hydroxyl groups is 1. The van der Waals surface area contributed by atoms with Crippen molar-refractivity contribution in [2.45, 2.75) is 19.4 Å². The van der Waals surface area contributed by atoms with Crippen molar-refractivity contribution >= 4 is 16.9 Å². The van der Waals surface area contributed by atoms with E-state index in [9.17, 15) is 0 Å². The molecule has 66 valence electrons. The van der Waals surface area contributed by atoms with Gasteiger partial charge in [0, 0.05) is 19.8 Å². The summed E-state index contributed by atoms with van der Waals surface area (Å²) < 4.78 is 0. The van der Waals surface area contributed by atoms with E-state index < -0.39 is 0 Å². The van der Waals surface area contributed by atoms with Crippen LogP contribution in [-0.4, -0.2) is 36.2 Å². The summed E-state index contributed by atoms with van der Waals surface area (Å²) in [5.41, 5.74) is 0. The largest absolute Gasteiger partial charge is 0.393 e. The SMILES string of the molecule is CN=C(NC)SCCC(C)O. The van der Waals surface area contributed by atoms with E-state index in [0.29, 0.717) is 0 Å². The molecule has 0 amide bonds. The predicted octanol–water partition coefficient (Wildman–Crippen LogP) is 0.696. The van der Waals surface area contributed by atoms with Gasteiger partial charge in [-0.2, -0.15) is 0 Å². The Balaban J connectivity index is 3.37. The van der Waals surface area contributed by atoms with Crippen molar-refractivity contribution in [3.05, 3.63) is 0 Å². The third kappa shape index (κ3) is 6.19. The van der Waals surface area contributed by atoms with Crippen LogP contribution in [0.1, 0.15) is 13.3 Å². The van der Waals surface area contributed by atoms with Gasteiger partial charge in [-0.1, -0.05) is 11.8 Å². The Labute approximate surface area is 72.3 Å². The molecule has 0 heterocycles. The van der Waals surface area contributed by atoms with Crippen LogP contribution in [0.2, 0.25) is 0 Å². The van der Waals surface area contributed by atoms with Gasteiger partial charge >= 0.3 is 0 Å². The van der Waals surface area contributed by atoms with Crippen LogP contribution in [0.25, 0.3) is 0 Å². The van der Waals surface area contributed by atoms with Gasteiger partial charge in [-0.25, -0.2) is 0 Å². The molecule has 0 bridgehead atoms. The summed E-state index contributed by atoms with van der Waals surface area (Å²) in [6.07, 6.45) is 0.600.